The number of hydrogen-bond donors (Lipinski definition) is 0. The van der Waals surface area contributed by atoms with E-state index in [0.29, 0.717) is 18.7 Å². The highest BCUT2D eigenvalue weighted by Crippen LogP contribution is 2.26. The molecule has 1 saturated heterocycles. The minimum absolute atomic E-state index is 0.0390. The first-order valence-electron chi connectivity index (χ1n) is 8.29. The number of likely N-dealkylation sites (N-methyl/N-ethyl adjacent to an activating group) is 1. The van der Waals surface area contributed by atoms with Gasteiger partial charge in [0.2, 0.25) is 0 Å². The second-order valence-corrected chi connectivity index (χ2v) is 6.48. The van der Waals surface area contributed by atoms with Crippen molar-refractivity contribution in [3.05, 3.63) is 41.5 Å². The Labute approximate surface area is 142 Å². The van der Waals surface area contributed by atoms with Gasteiger partial charge in [0.1, 0.15) is 0 Å². The minimum atomic E-state index is 0.0390. The van der Waals surface area contributed by atoms with E-state index in [2.05, 4.69) is 27.1 Å². The van der Waals surface area contributed by atoms with Crippen molar-refractivity contribution >= 4 is 5.91 Å². The lowest BCUT2D eigenvalue weighted by molar-refractivity contribution is 0.0779. The molecule has 2 aromatic heterocycles. The molecule has 24 heavy (non-hydrogen) atoms. The quantitative estimate of drug-likeness (QED) is 0.843. The van der Waals surface area contributed by atoms with Crippen LogP contribution in [0.15, 0.2) is 24.5 Å². The van der Waals surface area contributed by atoms with Crippen LogP contribution in [-0.2, 0) is 6.42 Å². The van der Waals surface area contributed by atoms with Gasteiger partial charge in [0.15, 0.2) is 0 Å². The molecule has 7 nitrogen and oxygen atoms in total. The summed E-state index contributed by atoms with van der Waals surface area (Å²) in [7, 11) is 4.07. The molecule has 2 aromatic rings. The van der Waals surface area contributed by atoms with Crippen molar-refractivity contribution in [1.29, 1.82) is 0 Å². The number of nitrogens with zero attached hydrogens (tertiary/aromatic N) is 6. The summed E-state index contributed by atoms with van der Waals surface area (Å²) in [5, 5.41) is 8.03. The predicted octanol–water partition coefficient (Wildman–Crippen LogP) is 1.17. The molecule has 0 bridgehead atoms. The average Bonchev–Trinajstić information content (AvgIpc) is 3.23. The molecule has 0 saturated carbocycles. The largest absolute Gasteiger partial charge is 0.335 e. The Kier molecular flexibility index (Phi) is 4.62. The van der Waals surface area contributed by atoms with Crippen LogP contribution in [0.3, 0.4) is 0 Å². The first-order valence-corrected chi connectivity index (χ1v) is 8.29. The van der Waals surface area contributed by atoms with Gasteiger partial charge < -0.3 is 9.80 Å². The third kappa shape index (κ3) is 3.03. The Morgan fingerprint density at radius 2 is 2.12 bits per heavy atom. The summed E-state index contributed by atoms with van der Waals surface area (Å²) in [6, 6.07) is 4.15. The first kappa shape index (κ1) is 16.6. The normalized spacial score (nSPS) is 20.8. The molecule has 3 rings (SSSR count). The molecule has 0 radical (unpaired) electrons. The van der Waals surface area contributed by atoms with Crippen molar-refractivity contribution in [2.45, 2.75) is 32.4 Å². The van der Waals surface area contributed by atoms with E-state index < -0.39 is 0 Å². The van der Waals surface area contributed by atoms with Gasteiger partial charge in [-0.05, 0) is 39.6 Å². The highest BCUT2D eigenvalue weighted by Gasteiger charge is 2.38. The van der Waals surface area contributed by atoms with Crippen LogP contribution in [0.2, 0.25) is 0 Å². The van der Waals surface area contributed by atoms with Crippen LogP contribution in [0.1, 0.15) is 34.7 Å². The van der Waals surface area contributed by atoms with Crippen molar-refractivity contribution in [3.8, 4) is 0 Å². The maximum Gasteiger partial charge on any atom is 0.255 e. The molecule has 2 atom stereocenters. The van der Waals surface area contributed by atoms with Crippen LogP contribution in [0.25, 0.3) is 0 Å². The second kappa shape index (κ2) is 6.68. The smallest absolute Gasteiger partial charge is 0.255 e. The molecule has 1 aliphatic rings. The fourth-order valence-corrected chi connectivity index (χ4v) is 3.30. The lowest BCUT2D eigenvalue weighted by atomic mass is 10.1. The van der Waals surface area contributed by atoms with Crippen LogP contribution in [0.5, 0.6) is 0 Å². The number of likely N-dealkylation sites (tertiary alicyclic amines) is 1. The standard InChI is InChI=1S/C17H24N6O/c1-5-13-6-7-14(12(2)19-13)17(24)22-10-15(21(3)4)16(11-22)23-9-8-18-20-23/h6-9,15-16H,5,10-11H2,1-4H3/t15-,16+/m1/s1. The predicted molar refractivity (Wildman–Crippen MR) is 90.8 cm³/mol. The number of pyridine rings is 1. The topological polar surface area (TPSA) is 67.2 Å². The van der Waals surface area contributed by atoms with Gasteiger partial charge in [0, 0.05) is 25.0 Å². The summed E-state index contributed by atoms with van der Waals surface area (Å²) in [4.78, 5) is 21.5. The number of carbonyl (C=O) groups excluding carboxylic acids is 1. The van der Waals surface area contributed by atoms with Gasteiger partial charge in [0.05, 0.1) is 29.5 Å². The Hall–Kier alpha value is -2.28. The number of amides is 1. The lowest BCUT2D eigenvalue weighted by Crippen LogP contribution is -2.37. The van der Waals surface area contributed by atoms with Crippen molar-refractivity contribution in [3.63, 3.8) is 0 Å². The molecular weight excluding hydrogens is 304 g/mol. The van der Waals surface area contributed by atoms with Crippen molar-refractivity contribution in [2.75, 3.05) is 27.2 Å². The monoisotopic (exact) mass is 328 g/mol. The Morgan fingerprint density at radius 1 is 1.33 bits per heavy atom. The van der Waals surface area contributed by atoms with Crippen molar-refractivity contribution in [1.82, 2.24) is 29.8 Å². The van der Waals surface area contributed by atoms with Crippen molar-refractivity contribution in [2.24, 2.45) is 0 Å². The first-order chi connectivity index (χ1) is 11.5. The molecule has 7 heteroatoms. The summed E-state index contributed by atoms with van der Waals surface area (Å²) in [5.41, 5.74) is 2.49. The molecule has 0 spiro atoms. The number of carbonyl (C=O) groups is 1. The van der Waals surface area contributed by atoms with E-state index in [-0.39, 0.29) is 18.0 Å². The molecule has 128 valence electrons. The molecule has 1 fully saturated rings. The van der Waals surface area contributed by atoms with E-state index in [1.807, 2.05) is 48.9 Å². The number of rotatable bonds is 4. The fourth-order valence-electron chi connectivity index (χ4n) is 3.30. The Morgan fingerprint density at radius 3 is 2.71 bits per heavy atom. The summed E-state index contributed by atoms with van der Waals surface area (Å²) in [5.74, 6) is 0.0390. The van der Waals surface area contributed by atoms with E-state index >= 15 is 0 Å². The van der Waals surface area contributed by atoms with Gasteiger partial charge in [-0.15, -0.1) is 5.10 Å². The minimum Gasteiger partial charge on any atom is -0.335 e. The van der Waals surface area contributed by atoms with E-state index in [0.717, 1.165) is 17.8 Å². The second-order valence-electron chi connectivity index (χ2n) is 6.48. The fraction of sp³-hybridized carbons (Fsp3) is 0.529. The molecule has 3 heterocycles. The highest BCUT2D eigenvalue weighted by atomic mass is 16.2. The zero-order chi connectivity index (χ0) is 17.3. The van der Waals surface area contributed by atoms with E-state index in [1.165, 1.54) is 0 Å². The van der Waals surface area contributed by atoms with E-state index in [4.69, 9.17) is 0 Å². The maximum absolute atomic E-state index is 13.0. The molecule has 1 amide bonds. The van der Waals surface area contributed by atoms with Crippen LogP contribution in [0, 0.1) is 6.92 Å². The van der Waals surface area contributed by atoms with Crippen LogP contribution in [-0.4, -0.2) is 68.9 Å². The zero-order valence-electron chi connectivity index (χ0n) is 14.7. The molecule has 0 N–H and O–H groups in total. The third-order valence-electron chi connectivity index (χ3n) is 4.73. The summed E-state index contributed by atoms with van der Waals surface area (Å²) >= 11 is 0. The molecule has 0 aromatic carbocycles. The third-order valence-corrected chi connectivity index (χ3v) is 4.73. The van der Waals surface area contributed by atoms with Gasteiger partial charge in [-0.3, -0.25) is 9.78 Å². The molecule has 1 aliphatic heterocycles. The Bertz CT molecular complexity index is 712. The highest BCUT2D eigenvalue weighted by molar-refractivity contribution is 5.95. The van der Waals surface area contributed by atoms with Gasteiger partial charge in [-0.2, -0.15) is 0 Å². The summed E-state index contributed by atoms with van der Waals surface area (Å²) in [6.07, 6.45) is 4.41. The molecule has 0 unspecified atom stereocenters. The van der Waals surface area contributed by atoms with Gasteiger partial charge >= 0.3 is 0 Å². The van der Waals surface area contributed by atoms with Crippen LogP contribution < -0.4 is 0 Å². The van der Waals surface area contributed by atoms with E-state index in [9.17, 15) is 4.79 Å². The van der Waals surface area contributed by atoms with Gasteiger partial charge in [-0.25, -0.2) is 4.68 Å². The Balaban J connectivity index is 1.83. The summed E-state index contributed by atoms with van der Waals surface area (Å²) < 4.78 is 1.85. The average molecular weight is 328 g/mol. The molecule has 0 aliphatic carbocycles. The van der Waals surface area contributed by atoms with Crippen molar-refractivity contribution < 1.29 is 4.79 Å². The molecular formula is C17H24N6O. The zero-order valence-corrected chi connectivity index (χ0v) is 14.7. The van der Waals surface area contributed by atoms with Crippen LogP contribution >= 0.6 is 0 Å². The maximum atomic E-state index is 13.0. The lowest BCUT2D eigenvalue weighted by Gasteiger charge is -2.24. The number of aryl methyl sites for hydroxylation is 2. The SMILES string of the molecule is CCc1ccc(C(=O)N2C[C@@H](N(C)C)[C@@H](n3ccnn3)C2)c(C)n1. The van der Waals surface area contributed by atoms with E-state index in [1.54, 1.807) is 6.20 Å². The van der Waals surface area contributed by atoms with Crippen LogP contribution in [0.4, 0.5) is 0 Å². The summed E-state index contributed by atoms with van der Waals surface area (Å²) in [6.45, 7) is 5.26. The van der Waals surface area contributed by atoms with Gasteiger partial charge in [0.25, 0.3) is 5.91 Å². The number of aromatic nitrogens is 4. The van der Waals surface area contributed by atoms with Gasteiger partial charge in [-0.1, -0.05) is 12.1 Å². The number of hydrogen-bond acceptors (Lipinski definition) is 5.